The third kappa shape index (κ3) is 3.46. The molecule has 0 aromatic heterocycles. The number of hydrogen-bond donors (Lipinski definition) is 1. The normalized spacial score (nSPS) is 31.7. The summed E-state index contributed by atoms with van der Waals surface area (Å²) in [6, 6.07) is 2.22. The van der Waals surface area contributed by atoms with Crippen LogP contribution in [0, 0.1) is 5.92 Å². The zero-order valence-corrected chi connectivity index (χ0v) is 12.7. The first-order chi connectivity index (χ1) is 8.58. The van der Waals surface area contributed by atoms with Gasteiger partial charge in [0.15, 0.2) is 0 Å². The lowest BCUT2D eigenvalue weighted by molar-refractivity contribution is 0.119. The number of rotatable bonds is 4. The fourth-order valence-corrected chi connectivity index (χ4v) is 3.54. The molecule has 0 aromatic rings. The third-order valence-electron chi connectivity index (χ3n) is 4.92. The maximum atomic E-state index is 3.47. The highest BCUT2D eigenvalue weighted by Crippen LogP contribution is 2.24. The highest BCUT2D eigenvalue weighted by atomic mass is 15.3. The SMILES string of the molecule is CC1CC(N(CC2CCNCC2)C(C)C)CN1C. The first-order valence-corrected chi connectivity index (χ1v) is 7.74. The Morgan fingerprint density at radius 2 is 1.94 bits per heavy atom. The van der Waals surface area contributed by atoms with Crippen molar-refractivity contribution in [2.45, 2.75) is 58.2 Å². The lowest BCUT2D eigenvalue weighted by Gasteiger charge is -2.37. The van der Waals surface area contributed by atoms with Crippen LogP contribution in [0.25, 0.3) is 0 Å². The van der Waals surface area contributed by atoms with Crippen LogP contribution < -0.4 is 5.32 Å². The van der Waals surface area contributed by atoms with Gasteiger partial charge < -0.3 is 10.2 Å². The van der Waals surface area contributed by atoms with Gasteiger partial charge in [-0.3, -0.25) is 4.90 Å². The Morgan fingerprint density at radius 1 is 1.28 bits per heavy atom. The number of likely N-dealkylation sites (tertiary alicyclic amines) is 1. The molecule has 2 fully saturated rings. The number of nitrogens with one attached hydrogen (secondary N) is 1. The molecule has 1 N–H and O–H groups in total. The molecule has 2 aliphatic rings. The fraction of sp³-hybridized carbons (Fsp3) is 1.00. The van der Waals surface area contributed by atoms with Gasteiger partial charge in [-0.1, -0.05) is 0 Å². The second kappa shape index (κ2) is 6.36. The number of hydrogen-bond acceptors (Lipinski definition) is 3. The Bertz CT molecular complexity index is 238. The molecule has 0 bridgehead atoms. The van der Waals surface area contributed by atoms with Crippen molar-refractivity contribution >= 4 is 0 Å². The van der Waals surface area contributed by atoms with Gasteiger partial charge in [-0.05, 0) is 66.1 Å². The molecular formula is C15H31N3. The van der Waals surface area contributed by atoms with Gasteiger partial charge in [-0.2, -0.15) is 0 Å². The summed E-state index contributed by atoms with van der Waals surface area (Å²) in [5, 5.41) is 3.47. The highest BCUT2D eigenvalue weighted by molar-refractivity contribution is 4.89. The zero-order valence-electron chi connectivity index (χ0n) is 12.7. The van der Waals surface area contributed by atoms with Crippen molar-refractivity contribution < 1.29 is 0 Å². The minimum Gasteiger partial charge on any atom is -0.317 e. The first kappa shape index (κ1) is 14.3. The van der Waals surface area contributed by atoms with Crippen LogP contribution in [-0.4, -0.2) is 61.2 Å². The van der Waals surface area contributed by atoms with Crippen LogP contribution in [0.1, 0.15) is 40.0 Å². The molecule has 0 amide bonds. The minimum absolute atomic E-state index is 0.684. The number of likely N-dealkylation sites (N-methyl/N-ethyl adjacent to an activating group) is 1. The quantitative estimate of drug-likeness (QED) is 0.824. The molecule has 18 heavy (non-hydrogen) atoms. The van der Waals surface area contributed by atoms with E-state index in [9.17, 15) is 0 Å². The highest BCUT2D eigenvalue weighted by Gasteiger charge is 2.33. The lowest BCUT2D eigenvalue weighted by atomic mass is 9.96. The predicted molar refractivity (Wildman–Crippen MR) is 77.9 cm³/mol. The third-order valence-corrected chi connectivity index (χ3v) is 4.92. The van der Waals surface area contributed by atoms with Gasteiger partial charge in [0.1, 0.15) is 0 Å². The summed E-state index contributed by atoms with van der Waals surface area (Å²) >= 11 is 0. The monoisotopic (exact) mass is 253 g/mol. The summed E-state index contributed by atoms with van der Waals surface area (Å²) in [6.45, 7) is 12.1. The van der Waals surface area contributed by atoms with Crippen molar-refractivity contribution in [1.29, 1.82) is 0 Å². The van der Waals surface area contributed by atoms with E-state index in [4.69, 9.17) is 0 Å². The molecule has 0 aromatic carbocycles. The van der Waals surface area contributed by atoms with Crippen LogP contribution in [0.2, 0.25) is 0 Å². The van der Waals surface area contributed by atoms with Crippen molar-refractivity contribution in [1.82, 2.24) is 15.1 Å². The van der Waals surface area contributed by atoms with Crippen LogP contribution in [0.15, 0.2) is 0 Å². The molecule has 2 heterocycles. The summed E-state index contributed by atoms with van der Waals surface area (Å²) in [6.07, 6.45) is 4.07. The summed E-state index contributed by atoms with van der Waals surface area (Å²) in [4.78, 5) is 5.29. The van der Waals surface area contributed by atoms with Gasteiger partial charge in [0.05, 0.1) is 0 Å². The van der Waals surface area contributed by atoms with Crippen molar-refractivity contribution in [2.24, 2.45) is 5.92 Å². The van der Waals surface area contributed by atoms with Gasteiger partial charge in [-0.25, -0.2) is 0 Å². The van der Waals surface area contributed by atoms with Crippen molar-refractivity contribution in [3.8, 4) is 0 Å². The van der Waals surface area contributed by atoms with E-state index in [1.807, 2.05) is 0 Å². The maximum Gasteiger partial charge on any atom is 0.0240 e. The van der Waals surface area contributed by atoms with Crippen LogP contribution in [0.3, 0.4) is 0 Å². The molecule has 0 aliphatic carbocycles. The van der Waals surface area contributed by atoms with Gasteiger partial charge in [0.2, 0.25) is 0 Å². The second-order valence-electron chi connectivity index (χ2n) is 6.66. The predicted octanol–water partition coefficient (Wildman–Crippen LogP) is 1.79. The Morgan fingerprint density at radius 3 is 2.44 bits per heavy atom. The van der Waals surface area contributed by atoms with E-state index in [0.29, 0.717) is 6.04 Å². The molecule has 3 heteroatoms. The Labute approximate surface area is 113 Å². The second-order valence-corrected chi connectivity index (χ2v) is 6.66. The van der Waals surface area contributed by atoms with E-state index in [-0.39, 0.29) is 0 Å². The molecule has 106 valence electrons. The van der Waals surface area contributed by atoms with Crippen molar-refractivity contribution in [3.63, 3.8) is 0 Å². The average Bonchev–Trinajstić information content (AvgIpc) is 2.67. The van der Waals surface area contributed by atoms with Gasteiger partial charge in [-0.15, -0.1) is 0 Å². The van der Waals surface area contributed by atoms with E-state index in [0.717, 1.165) is 18.0 Å². The van der Waals surface area contributed by atoms with Gasteiger partial charge in [0.25, 0.3) is 0 Å². The Balaban J connectivity index is 1.91. The largest absolute Gasteiger partial charge is 0.317 e. The maximum absolute atomic E-state index is 3.47. The summed E-state index contributed by atoms with van der Waals surface area (Å²) < 4.78 is 0. The molecule has 2 atom stereocenters. The first-order valence-electron chi connectivity index (χ1n) is 7.74. The summed E-state index contributed by atoms with van der Waals surface area (Å²) in [7, 11) is 2.27. The van der Waals surface area contributed by atoms with E-state index >= 15 is 0 Å². The van der Waals surface area contributed by atoms with E-state index in [1.165, 1.54) is 45.4 Å². The van der Waals surface area contributed by atoms with Crippen molar-refractivity contribution in [3.05, 3.63) is 0 Å². The topological polar surface area (TPSA) is 18.5 Å². The van der Waals surface area contributed by atoms with Gasteiger partial charge in [0, 0.05) is 31.2 Å². The molecular weight excluding hydrogens is 222 g/mol. The average molecular weight is 253 g/mol. The molecule has 2 unspecified atom stereocenters. The van der Waals surface area contributed by atoms with E-state index in [1.54, 1.807) is 0 Å². The molecule has 2 aliphatic heterocycles. The van der Waals surface area contributed by atoms with Crippen LogP contribution in [0.5, 0.6) is 0 Å². The van der Waals surface area contributed by atoms with Crippen LogP contribution in [-0.2, 0) is 0 Å². The molecule has 2 saturated heterocycles. The standard InChI is InChI=1S/C15H31N3/c1-12(2)18(10-14-5-7-16-8-6-14)15-9-13(3)17(4)11-15/h12-16H,5-11H2,1-4H3. The zero-order chi connectivity index (χ0) is 13.1. The van der Waals surface area contributed by atoms with Crippen molar-refractivity contribution in [2.75, 3.05) is 33.2 Å². The number of nitrogens with zero attached hydrogens (tertiary/aromatic N) is 2. The molecule has 3 nitrogen and oxygen atoms in total. The molecule has 0 spiro atoms. The number of piperidine rings is 1. The minimum atomic E-state index is 0.684. The molecule has 2 rings (SSSR count). The van der Waals surface area contributed by atoms with Crippen LogP contribution in [0.4, 0.5) is 0 Å². The fourth-order valence-electron chi connectivity index (χ4n) is 3.54. The molecule has 0 radical (unpaired) electrons. The lowest BCUT2D eigenvalue weighted by Crippen LogP contribution is -2.46. The van der Waals surface area contributed by atoms with E-state index < -0.39 is 0 Å². The Hall–Kier alpha value is -0.120. The summed E-state index contributed by atoms with van der Waals surface area (Å²) in [5.41, 5.74) is 0. The Kier molecular flexibility index (Phi) is 5.05. The van der Waals surface area contributed by atoms with Crippen LogP contribution >= 0.6 is 0 Å². The summed E-state index contributed by atoms with van der Waals surface area (Å²) in [5.74, 6) is 0.912. The van der Waals surface area contributed by atoms with Gasteiger partial charge >= 0.3 is 0 Å². The van der Waals surface area contributed by atoms with E-state index in [2.05, 4.69) is 42.9 Å². The smallest absolute Gasteiger partial charge is 0.0240 e. The molecule has 0 saturated carbocycles.